The van der Waals surface area contributed by atoms with Gasteiger partial charge >= 0.3 is 0 Å². The fourth-order valence-corrected chi connectivity index (χ4v) is 1.06. The van der Waals surface area contributed by atoms with Crippen LogP contribution < -0.4 is 11.1 Å². The summed E-state index contributed by atoms with van der Waals surface area (Å²) in [5.74, 6) is 0.251. The van der Waals surface area contributed by atoms with E-state index in [2.05, 4.69) is 15.3 Å². The van der Waals surface area contributed by atoms with Gasteiger partial charge in [0.25, 0.3) is 0 Å². The van der Waals surface area contributed by atoms with E-state index in [1.807, 2.05) is 0 Å². The van der Waals surface area contributed by atoms with Crippen LogP contribution in [0, 0.1) is 5.41 Å². The zero-order chi connectivity index (χ0) is 7.84. The molecule has 0 bridgehead atoms. The maximum Gasteiger partial charge on any atom is 0.148 e. The molecule has 0 spiro atoms. The molecular weight excluding hydrogens is 142 g/mol. The minimum absolute atomic E-state index is 0.251. The van der Waals surface area contributed by atoms with Crippen molar-refractivity contribution in [1.82, 2.24) is 15.3 Å². The Labute approximate surface area is 63.2 Å². The maximum absolute atomic E-state index is 7.37. The van der Waals surface area contributed by atoms with Gasteiger partial charge in [0, 0.05) is 12.4 Å². The summed E-state index contributed by atoms with van der Waals surface area (Å²) in [4.78, 5) is 7.96. The lowest BCUT2D eigenvalue weighted by molar-refractivity contribution is 0.684. The first-order chi connectivity index (χ1) is 5.29. The molecule has 0 saturated heterocycles. The lowest BCUT2D eigenvalue weighted by Crippen LogP contribution is -2.25. The van der Waals surface area contributed by atoms with E-state index in [0.29, 0.717) is 11.4 Å². The molecule has 0 radical (unpaired) electrons. The summed E-state index contributed by atoms with van der Waals surface area (Å²) in [7, 11) is 0. The van der Waals surface area contributed by atoms with Gasteiger partial charge in [0.2, 0.25) is 0 Å². The number of fused-ring (bicyclic) bond motifs is 1. The third-order valence-electron chi connectivity index (χ3n) is 1.56. The summed E-state index contributed by atoms with van der Waals surface area (Å²) >= 11 is 0. The predicted octanol–water partition coefficient (Wildman–Crippen LogP) is -0.638. The SMILES string of the molecule is N=C1NC(N)c2nccnc21. The normalized spacial score (nSPS) is 21.2. The molecule has 1 aromatic rings. The Morgan fingerprint density at radius 3 is 2.91 bits per heavy atom. The number of hydrogen-bond donors (Lipinski definition) is 3. The Bertz CT molecular complexity index is 308. The largest absolute Gasteiger partial charge is 0.348 e. The number of amidine groups is 1. The van der Waals surface area contributed by atoms with Crippen molar-refractivity contribution in [3.63, 3.8) is 0 Å². The van der Waals surface area contributed by atoms with E-state index >= 15 is 0 Å². The Kier molecular flexibility index (Phi) is 1.13. The molecule has 4 N–H and O–H groups in total. The summed E-state index contributed by atoms with van der Waals surface area (Å²) in [5, 5.41) is 10.1. The first-order valence-corrected chi connectivity index (χ1v) is 3.21. The van der Waals surface area contributed by atoms with Gasteiger partial charge in [-0.25, -0.2) is 4.98 Å². The predicted molar refractivity (Wildman–Crippen MR) is 38.9 cm³/mol. The summed E-state index contributed by atoms with van der Waals surface area (Å²) in [6, 6.07) is 0. The molecule has 0 amide bonds. The molecular formula is C6H7N5. The molecule has 0 saturated carbocycles. The second-order valence-corrected chi connectivity index (χ2v) is 2.29. The van der Waals surface area contributed by atoms with Crippen molar-refractivity contribution >= 4 is 5.84 Å². The molecule has 5 nitrogen and oxygen atoms in total. The van der Waals surface area contributed by atoms with Gasteiger partial charge in [-0.05, 0) is 0 Å². The van der Waals surface area contributed by atoms with Crippen molar-refractivity contribution < 1.29 is 0 Å². The van der Waals surface area contributed by atoms with Crippen molar-refractivity contribution in [1.29, 1.82) is 5.41 Å². The van der Waals surface area contributed by atoms with Gasteiger partial charge in [-0.3, -0.25) is 10.4 Å². The highest BCUT2D eigenvalue weighted by Gasteiger charge is 2.24. The van der Waals surface area contributed by atoms with Crippen LogP contribution in [0.4, 0.5) is 0 Å². The average molecular weight is 149 g/mol. The highest BCUT2D eigenvalue weighted by Crippen LogP contribution is 2.14. The lowest BCUT2D eigenvalue weighted by Gasteiger charge is -2.00. The number of hydrogen-bond acceptors (Lipinski definition) is 4. The Morgan fingerprint density at radius 1 is 1.45 bits per heavy atom. The van der Waals surface area contributed by atoms with Crippen LogP contribution in [0.15, 0.2) is 12.4 Å². The van der Waals surface area contributed by atoms with Gasteiger partial charge in [0.05, 0.1) is 0 Å². The molecule has 11 heavy (non-hydrogen) atoms. The van der Waals surface area contributed by atoms with E-state index in [0.717, 1.165) is 0 Å². The molecule has 1 atom stereocenters. The van der Waals surface area contributed by atoms with E-state index < -0.39 is 0 Å². The van der Waals surface area contributed by atoms with Gasteiger partial charge in [-0.15, -0.1) is 0 Å². The van der Waals surface area contributed by atoms with Gasteiger partial charge in [-0.1, -0.05) is 0 Å². The molecule has 0 fully saturated rings. The highest BCUT2D eigenvalue weighted by molar-refractivity contribution is 5.98. The van der Waals surface area contributed by atoms with Crippen molar-refractivity contribution in [3.8, 4) is 0 Å². The minimum Gasteiger partial charge on any atom is -0.348 e. The number of nitrogens with one attached hydrogen (secondary N) is 2. The molecule has 2 rings (SSSR count). The van der Waals surface area contributed by atoms with Crippen LogP contribution in [0.1, 0.15) is 17.6 Å². The summed E-state index contributed by atoms with van der Waals surface area (Å²) < 4.78 is 0. The summed E-state index contributed by atoms with van der Waals surface area (Å²) in [6.07, 6.45) is 2.75. The van der Waals surface area contributed by atoms with Gasteiger partial charge < -0.3 is 11.1 Å². The highest BCUT2D eigenvalue weighted by atomic mass is 15.1. The monoisotopic (exact) mass is 149 g/mol. The van der Waals surface area contributed by atoms with Gasteiger partial charge in [0.1, 0.15) is 23.4 Å². The number of aromatic nitrogens is 2. The maximum atomic E-state index is 7.37. The van der Waals surface area contributed by atoms with Crippen LogP contribution in [0.25, 0.3) is 0 Å². The molecule has 2 heterocycles. The first kappa shape index (κ1) is 6.23. The molecule has 5 heteroatoms. The number of nitrogens with two attached hydrogens (primary N) is 1. The molecule has 1 aromatic heterocycles. The summed E-state index contributed by atoms with van der Waals surface area (Å²) in [5.41, 5.74) is 6.79. The Hall–Kier alpha value is -1.49. The van der Waals surface area contributed by atoms with E-state index in [1.54, 1.807) is 12.4 Å². The molecule has 0 aromatic carbocycles. The Balaban J connectivity index is 2.60. The van der Waals surface area contributed by atoms with E-state index in [9.17, 15) is 0 Å². The molecule has 1 aliphatic heterocycles. The lowest BCUT2D eigenvalue weighted by atomic mass is 10.3. The molecule has 1 unspecified atom stereocenters. The van der Waals surface area contributed by atoms with Crippen LogP contribution in [0.3, 0.4) is 0 Å². The fourth-order valence-electron chi connectivity index (χ4n) is 1.06. The van der Waals surface area contributed by atoms with Gasteiger partial charge in [0.15, 0.2) is 0 Å². The topological polar surface area (TPSA) is 87.7 Å². The van der Waals surface area contributed by atoms with E-state index in [-0.39, 0.29) is 12.0 Å². The minimum atomic E-state index is -0.369. The smallest absolute Gasteiger partial charge is 0.148 e. The van der Waals surface area contributed by atoms with Gasteiger partial charge in [-0.2, -0.15) is 0 Å². The van der Waals surface area contributed by atoms with Crippen LogP contribution in [0.5, 0.6) is 0 Å². The van der Waals surface area contributed by atoms with Crippen LogP contribution >= 0.6 is 0 Å². The number of nitrogens with zero attached hydrogens (tertiary/aromatic N) is 2. The molecule has 1 aliphatic rings. The second-order valence-electron chi connectivity index (χ2n) is 2.29. The first-order valence-electron chi connectivity index (χ1n) is 3.21. The third-order valence-corrected chi connectivity index (χ3v) is 1.56. The third kappa shape index (κ3) is 0.779. The zero-order valence-electron chi connectivity index (χ0n) is 5.70. The van der Waals surface area contributed by atoms with E-state index in [1.165, 1.54) is 0 Å². The Morgan fingerprint density at radius 2 is 2.18 bits per heavy atom. The molecule has 0 aliphatic carbocycles. The molecule has 56 valence electrons. The number of rotatable bonds is 0. The van der Waals surface area contributed by atoms with Crippen LogP contribution in [-0.2, 0) is 0 Å². The van der Waals surface area contributed by atoms with Crippen molar-refractivity contribution in [2.24, 2.45) is 5.73 Å². The van der Waals surface area contributed by atoms with Crippen LogP contribution in [0.2, 0.25) is 0 Å². The standard InChI is InChI=1S/C6H7N5/c7-5-3-4(6(8)11-5)10-2-1-9-3/h1-2,5H,7H2,(H2,8,11). The van der Waals surface area contributed by atoms with Crippen molar-refractivity contribution in [2.45, 2.75) is 6.17 Å². The summed E-state index contributed by atoms with van der Waals surface area (Å²) in [6.45, 7) is 0. The van der Waals surface area contributed by atoms with Crippen molar-refractivity contribution in [2.75, 3.05) is 0 Å². The fraction of sp³-hybridized carbons (Fsp3) is 0.167. The zero-order valence-corrected chi connectivity index (χ0v) is 5.70. The second kappa shape index (κ2) is 2.00. The van der Waals surface area contributed by atoms with E-state index in [4.69, 9.17) is 11.1 Å². The average Bonchev–Trinajstić information content (AvgIpc) is 2.30. The van der Waals surface area contributed by atoms with Crippen LogP contribution in [-0.4, -0.2) is 15.8 Å². The quantitative estimate of drug-likeness (QED) is 0.458. The van der Waals surface area contributed by atoms with Crippen molar-refractivity contribution in [3.05, 3.63) is 23.8 Å².